The van der Waals surface area contributed by atoms with E-state index in [2.05, 4.69) is 4.99 Å². The maximum Gasteiger partial charge on any atom is 0.151 e. The molecule has 0 aliphatic carbocycles. The van der Waals surface area contributed by atoms with E-state index in [4.69, 9.17) is 0 Å². The van der Waals surface area contributed by atoms with Gasteiger partial charge >= 0.3 is 0 Å². The lowest BCUT2D eigenvalue weighted by Crippen LogP contribution is -2.19. The summed E-state index contributed by atoms with van der Waals surface area (Å²) in [4.78, 5) is 15.4. The van der Waals surface area contributed by atoms with Crippen LogP contribution in [0.2, 0.25) is 0 Å². The summed E-state index contributed by atoms with van der Waals surface area (Å²) in [5.74, 6) is 0.0820. The number of amidine groups is 1. The first kappa shape index (κ1) is 12.1. The molecule has 0 aromatic heterocycles. The zero-order chi connectivity index (χ0) is 12.1. The summed E-state index contributed by atoms with van der Waals surface area (Å²) < 4.78 is 26.5. The molecule has 0 radical (unpaired) electrons. The van der Waals surface area contributed by atoms with Crippen LogP contribution in [0.4, 0.5) is 14.5 Å². The predicted molar refractivity (Wildman–Crippen MR) is 57.4 cm³/mol. The van der Waals surface area contributed by atoms with E-state index in [1.807, 2.05) is 0 Å². The molecule has 0 bridgehead atoms. The number of likely N-dealkylation sites (N-methyl/N-ethyl adjacent to an activating group) is 1. The quantitative estimate of drug-likeness (QED) is 0.437. The number of hydrogen-bond donors (Lipinski definition) is 0. The Kier molecular flexibility index (Phi) is 3.91. The Labute approximate surface area is 91.7 Å². The first-order chi connectivity index (χ1) is 7.56. The number of benzene rings is 1. The highest BCUT2D eigenvalue weighted by Gasteiger charge is 2.08. The maximum absolute atomic E-state index is 13.2. The third kappa shape index (κ3) is 2.74. The molecule has 0 aliphatic heterocycles. The van der Waals surface area contributed by atoms with Crippen LogP contribution < -0.4 is 0 Å². The third-order valence-corrected chi connectivity index (χ3v) is 1.81. The van der Waals surface area contributed by atoms with Gasteiger partial charge < -0.3 is 4.90 Å². The third-order valence-electron chi connectivity index (χ3n) is 1.81. The highest BCUT2D eigenvalue weighted by molar-refractivity contribution is 5.99. The van der Waals surface area contributed by atoms with Gasteiger partial charge in [-0.2, -0.15) is 0 Å². The molecule has 0 saturated carbocycles. The number of para-hydroxylation sites is 1. The van der Waals surface area contributed by atoms with Crippen molar-refractivity contribution in [2.45, 2.75) is 0 Å². The number of halogens is 2. The van der Waals surface area contributed by atoms with Crippen LogP contribution in [0.25, 0.3) is 0 Å². The molecule has 1 rings (SSSR count). The van der Waals surface area contributed by atoms with Crippen LogP contribution in [0.5, 0.6) is 0 Å². The minimum absolute atomic E-state index is 0.124. The monoisotopic (exact) mass is 224 g/mol. The SMILES string of the molecule is CN(C)C(C=C=O)=Nc1c(F)cccc1F. The molecule has 0 unspecified atom stereocenters. The Morgan fingerprint density at radius 1 is 1.38 bits per heavy atom. The summed E-state index contributed by atoms with van der Waals surface area (Å²) in [6, 6.07) is 3.44. The molecule has 0 heterocycles. The van der Waals surface area contributed by atoms with Crippen molar-refractivity contribution in [3.05, 3.63) is 35.9 Å². The van der Waals surface area contributed by atoms with E-state index in [0.29, 0.717) is 0 Å². The van der Waals surface area contributed by atoms with Crippen molar-refractivity contribution in [1.29, 1.82) is 0 Å². The maximum atomic E-state index is 13.2. The van der Waals surface area contributed by atoms with Crippen molar-refractivity contribution in [2.24, 2.45) is 4.99 Å². The Morgan fingerprint density at radius 2 is 1.94 bits per heavy atom. The van der Waals surface area contributed by atoms with Gasteiger partial charge in [0.2, 0.25) is 0 Å². The van der Waals surface area contributed by atoms with Gasteiger partial charge in [0, 0.05) is 14.1 Å². The van der Waals surface area contributed by atoms with Gasteiger partial charge in [0.25, 0.3) is 0 Å². The van der Waals surface area contributed by atoms with Crippen LogP contribution in [0.15, 0.2) is 29.3 Å². The van der Waals surface area contributed by atoms with Crippen LogP contribution in [0.3, 0.4) is 0 Å². The van der Waals surface area contributed by atoms with Gasteiger partial charge in [0.1, 0.15) is 17.5 Å². The number of nitrogens with zero attached hydrogens (tertiary/aromatic N) is 2. The zero-order valence-corrected chi connectivity index (χ0v) is 8.87. The van der Waals surface area contributed by atoms with Crippen LogP contribution in [0.1, 0.15) is 0 Å². The van der Waals surface area contributed by atoms with E-state index in [-0.39, 0.29) is 5.84 Å². The van der Waals surface area contributed by atoms with Gasteiger partial charge in [-0.1, -0.05) is 6.07 Å². The second-order valence-electron chi connectivity index (χ2n) is 3.20. The van der Waals surface area contributed by atoms with Crippen molar-refractivity contribution in [1.82, 2.24) is 4.90 Å². The molecule has 84 valence electrons. The summed E-state index contributed by atoms with van der Waals surface area (Å²) in [6.45, 7) is 0. The van der Waals surface area contributed by atoms with Crippen molar-refractivity contribution in [3.63, 3.8) is 0 Å². The van der Waals surface area contributed by atoms with Crippen LogP contribution >= 0.6 is 0 Å². The fraction of sp³-hybridized carbons (Fsp3) is 0.182. The molecule has 0 atom stereocenters. The summed E-state index contributed by atoms with van der Waals surface area (Å²) in [5.41, 5.74) is -0.419. The molecule has 0 fully saturated rings. The van der Waals surface area contributed by atoms with Gasteiger partial charge in [-0.15, -0.1) is 0 Å². The summed E-state index contributed by atoms with van der Waals surface area (Å²) in [6.07, 6.45) is 1.01. The van der Waals surface area contributed by atoms with Gasteiger partial charge in [-0.3, -0.25) is 0 Å². The topological polar surface area (TPSA) is 32.7 Å². The molecule has 0 spiro atoms. The number of aliphatic imine (C=N–C) groups is 1. The smallest absolute Gasteiger partial charge is 0.151 e. The minimum atomic E-state index is -0.779. The molecule has 1 aromatic carbocycles. The fourth-order valence-corrected chi connectivity index (χ4v) is 1.02. The first-order valence-electron chi connectivity index (χ1n) is 4.47. The lowest BCUT2D eigenvalue weighted by atomic mass is 10.3. The van der Waals surface area contributed by atoms with Gasteiger partial charge in [-0.05, 0) is 12.1 Å². The molecule has 0 saturated heterocycles. The fourth-order valence-electron chi connectivity index (χ4n) is 1.02. The summed E-state index contributed by atoms with van der Waals surface area (Å²) in [5, 5.41) is 0. The molecular formula is C11H10F2N2O. The normalized spacial score (nSPS) is 10.9. The van der Waals surface area contributed by atoms with E-state index < -0.39 is 17.3 Å². The minimum Gasteiger partial charge on any atom is -0.362 e. The Hall–Kier alpha value is -2.00. The lowest BCUT2D eigenvalue weighted by Gasteiger charge is -2.11. The van der Waals surface area contributed by atoms with Crippen molar-refractivity contribution in [2.75, 3.05) is 14.1 Å². The van der Waals surface area contributed by atoms with Crippen LogP contribution in [0, 0.1) is 11.6 Å². The standard InChI is InChI=1S/C11H10F2N2O/c1-15(2)10(6-7-16)14-11-8(12)4-3-5-9(11)13/h3-6H,1-2H3. The van der Waals surface area contributed by atoms with Crippen LogP contribution in [-0.2, 0) is 4.79 Å². The van der Waals surface area contributed by atoms with Crippen molar-refractivity contribution >= 4 is 17.5 Å². The Balaban J connectivity index is 3.28. The largest absolute Gasteiger partial charge is 0.362 e. The molecule has 5 heteroatoms. The molecule has 0 aliphatic rings. The highest BCUT2D eigenvalue weighted by Crippen LogP contribution is 2.21. The molecule has 0 amide bonds. The van der Waals surface area contributed by atoms with E-state index in [1.54, 1.807) is 14.1 Å². The molecule has 0 N–H and O–H groups in total. The van der Waals surface area contributed by atoms with E-state index in [9.17, 15) is 13.6 Å². The first-order valence-corrected chi connectivity index (χ1v) is 4.47. The number of carbonyl (C=O) groups excluding carboxylic acids is 1. The van der Waals surface area contributed by atoms with Crippen molar-refractivity contribution < 1.29 is 13.6 Å². The molecule has 16 heavy (non-hydrogen) atoms. The second-order valence-corrected chi connectivity index (χ2v) is 3.20. The average Bonchev–Trinajstić information content (AvgIpc) is 2.21. The van der Waals surface area contributed by atoms with Crippen LogP contribution in [-0.4, -0.2) is 30.8 Å². The predicted octanol–water partition coefficient (Wildman–Crippen LogP) is 1.94. The van der Waals surface area contributed by atoms with Crippen molar-refractivity contribution in [3.8, 4) is 0 Å². The zero-order valence-electron chi connectivity index (χ0n) is 8.87. The lowest BCUT2D eigenvalue weighted by molar-refractivity contribution is 0.567. The van der Waals surface area contributed by atoms with Gasteiger partial charge in [0.05, 0.1) is 6.08 Å². The van der Waals surface area contributed by atoms with Gasteiger partial charge in [-0.25, -0.2) is 18.6 Å². The highest BCUT2D eigenvalue weighted by atomic mass is 19.1. The Morgan fingerprint density at radius 3 is 2.38 bits per heavy atom. The Bertz CT molecular complexity index is 443. The molecule has 3 nitrogen and oxygen atoms in total. The second kappa shape index (κ2) is 5.19. The number of rotatable bonds is 2. The van der Waals surface area contributed by atoms with E-state index in [0.717, 1.165) is 18.2 Å². The summed E-state index contributed by atoms with van der Waals surface area (Å²) >= 11 is 0. The average molecular weight is 224 g/mol. The molecule has 1 aromatic rings. The van der Waals surface area contributed by atoms with E-state index in [1.165, 1.54) is 16.9 Å². The number of hydrogen-bond acceptors (Lipinski definition) is 2. The summed E-state index contributed by atoms with van der Waals surface area (Å²) in [7, 11) is 3.21. The van der Waals surface area contributed by atoms with E-state index >= 15 is 0 Å². The van der Waals surface area contributed by atoms with Gasteiger partial charge in [0.15, 0.2) is 11.6 Å². The molecular weight excluding hydrogens is 214 g/mol.